The Morgan fingerprint density at radius 3 is 2.28 bits per heavy atom. The fraction of sp³-hybridized carbons (Fsp3) is 0.368. The molecule has 0 saturated carbocycles. The van der Waals surface area contributed by atoms with Crippen molar-refractivity contribution in [1.29, 1.82) is 0 Å². The number of halogens is 3. The summed E-state index contributed by atoms with van der Waals surface area (Å²) in [7, 11) is -3.43. The summed E-state index contributed by atoms with van der Waals surface area (Å²) in [4.78, 5) is 8.31. The zero-order chi connectivity index (χ0) is 22.6. The molecule has 0 saturated heterocycles. The van der Waals surface area contributed by atoms with Crippen molar-refractivity contribution in [1.82, 2.24) is 24.5 Å². The van der Waals surface area contributed by atoms with Crippen LogP contribution in [-0.2, 0) is 10.0 Å². The van der Waals surface area contributed by atoms with E-state index in [0.29, 0.717) is 5.02 Å². The van der Waals surface area contributed by atoms with E-state index in [1.807, 2.05) is 0 Å². The molecule has 0 bridgehead atoms. The highest BCUT2D eigenvalue weighted by atomic mass is 35.5. The average Bonchev–Trinajstić information content (AvgIpc) is 3.22. The molecule has 13 heteroatoms. The summed E-state index contributed by atoms with van der Waals surface area (Å²) in [5.74, 6) is -0.729. The summed E-state index contributed by atoms with van der Waals surface area (Å²) >= 11 is 5.96. The third-order valence-corrected chi connectivity index (χ3v) is 5.91. The molecule has 2 heterocycles. The van der Waals surface area contributed by atoms with Crippen LogP contribution in [-0.4, -0.2) is 52.2 Å². The maximum absolute atomic E-state index is 12.6. The van der Waals surface area contributed by atoms with Crippen molar-refractivity contribution in [2.24, 2.45) is 0 Å². The first-order valence-electron chi connectivity index (χ1n) is 9.08. The summed E-state index contributed by atoms with van der Waals surface area (Å²) < 4.78 is 55.5. The fourth-order valence-corrected chi connectivity index (χ4v) is 3.76. The van der Waals surface area contributed by atoms with Crippen LogP contribution in [0, 0.1) is 0 Å². The van der Waals surface area contributed by atoms with Gasteiger partial charge in [-0.15, -0.1) is 10.2 Å². The Kier molecular flexibility index (Phi) is 8.58. The van der Waals surface area contributed by atoms with Gasteiger partial charge in [0.05, 0.1) is 17.9 Å². The third-order valence-electron chi connectivity index (χ3n) is 4.31. The van der Waals surface area contributed by atoms with E-state index >= 15 is 0 Å². The number of nitrogens with one attached hydrogen (secondary N) is 1. The summed E-state index contributed by atoms with van der Waals surface area (Å²) in [5, 5.41) is 10.5. The van der Waals surface area contributed by atoms with Crippen LogP contribution in [0.2, 0.25) is 5.02 Å². The van der Waals surface area contributed by atoms with Gasteiger partial charge in [0.25, 0.3) is 11.8 Å². The Hall–Kier alpha value is -2.70. The monoisotopic (exact) mass is 488 g/mol. The molecule has 0 aliphatic heterocycles. The van der Waals surface area contributed by atoms with Gasteiger partial charge in [-0.2, -0.15) is 8.78 Å². The number of likely N-dealkylation sites (N-methyl/N-ethyl adjacent to an activating group) is 1. The fourth-order valence-electron chi connectivity index (χ4n) is 2.74. The van der Waals surface area contributed by atoms with E-state index in [-0.39, 0.29) is 37.9 Å². The van der Waals surface area contributed by atoms with Gasteiger partial charge in [0.15, 0.2) is 0 Å². The van der Waals surface area contributed by atoms with Crippen LogP contribution in [0.3, 0.4) is 0 Å². The smallest absolute Gasteiger partial charge is 0.314 e. The molecule has 0 spiro atoms. The highest BCUT2D eigenvalue weighted by Gasteiger charge is 2.23. The molecule has 2 aromatic heterocycles. The number of rotatable bonds is 9. The Bertz CT molecular complexity index is 1110. The molecule has 0 fully saturated rings. The number of anilines is 1. The van der Waals surface area contributed by atoms with E-state index in [9.17, 15) is 17.2 Å². The van der Waals surface area contributed by atoms with Gasteiger partial charge in [-0.05, 0) is 17.7 Å². The predicted octanol–water partition coefficient (Wildman–Crippen LogP) is 4.19. The molecule has 3 rings (SSSR count). The van der Waals surface area contributed by atoms with Crippen LogP contribution >= 0.6 is 11.6 Å². The molecule has 3 aromatic rings. The van der Waals surface area contributed by atoms with Gasteiger partial charge in [0.1, 0.15) is 0 Å². The normalized spacial score (nSPS) is 12.6. The van der Waals surface area contributed by atoms with Gasteiger partial charge in [-0.3, -0.25) is 0 Å². The van der Waals surface area contributed by atoms with Crippen molar-refractivity contribution < 1.29 is 21.6 Å². The summed E-state index contributed by atoms with van der Waals surface area (Å²) in [6.45, 7) is 2.15. The van der Waals surface area contributed by atoms with Crippen LogP contribution < -0.4 is 5.32 Å². The quantitative estimate of drug-likeness (QED) is 0.477. The Morgan fingerprint density at radius 2 is 1.78 bits per heavy atom. The Labute approximate surface area is 189 Å². The summed E-state index contributed by atoms with van der Waals surface area (Å²) in [6, 6.07) is 6.46. The van der Waals surface area contributed by atoms with Crippen molar-refractivity contribution in [3.05, 3.63) is 53.1 Å². The highest BCUT2D eigenvalue weighted by Crippen LogP contribution is 2.24. The minimum absolute atomic E-state index is 0. The van der Waals surface area contributed by atoms with Crippen molar-refractivity contribution in [3.63, 3.8) is 0 Å². The zero-order valence-corrected chi connectivity index (χ0v) is 18.1. The van der Waals surface area contributed by atoms with E-state index < -0.39 is 28.4 Å². The second-order valence-electron chi connectivity index (χ2n) is 6.50. The lowest BCUT2D eigenvalue weighted by molar-refractivity contribution is 0.116. The van der Waals surface area contributed by atoms with Crippen LogP contribution in [0.25, 0.3) is 11.5 Å². The van der Waals surface area contributed by atoms with Crippen molar-refractivity contribution >= 4 is 27.6 Å². The molecule has 1 aromatic carbocycles. The molecule has 1 unspecified atom stereocenters. The van der Waals surface area contributed by atoms with E-state index in [1.54, 1.807) is 31.2 Å². The minimum Gasteiger partial charge on any atom is -0.415 e. The summed E-state index contributed by atoms with van der Waals surface area (Å²) in [5.41, 5.74) is 1.04. The number of hydrogen-bond acceptors (Lipinski definition) is 8. The molecule has 174 valence electrons. The lowest BCUT2D eigenvalue weighted by atomic mass is 10.1. The van der Waals surface area contributed by atoms with Gasteiger partial charge in [0, 0.05) is 30.5 Å². The highest BCUT2D eigenvalue weighted by molar-refractivity contribution is 7.88. The molecule has 0 amide bonds. The molecule has 9 nitrogen and oxygen atoms in total. The lowest BCUT2D eigenvalue weighted by Gasteiger charge is -2.26. The molecule has 0 radical (unpaired) electrons. The molecule has 0 aliphatic rings. The number of nitrogens with zero attached hydrogens (tertiary/aromatic N) is 5. The van der Waals surface area contributed by atoms with Crippen LogP contribution in [0.5, 0.6) is 0 Å². The molecule has 1 N–H and O–H groups in total. The van der Waals surface area contributed by atoms with Crippen LogP contribution in [0.4, 0.5) is 14.7 Å². The van der Waals surface area contributed by atoms with Gasteiger partial charge >= 0.3 is 6.43 Å². The van der Waals surface area contributed by atoms with E-state index in [2.05, 4.69) is 25.5 Å². The number of alkyl halides is 2. The number of aromatic nitrogens is 4. The van der Waals surface area contributed by atoms with E-state index in [0.717, 1.165) is 11.8 Å². The lowest BCUT2D eigenvalue weighted by Crippen LogP contribution is -2.36. The molecule has 0 aliphatic carbocycles. The molecular weight excluding hydrogens is 466 g/mol. The molecular formula is C19H23ClF2N6O3S. The Morgan fingerprint density at radius 1 is 1.16 bits per heavy atom. The van der Waals surface area contributed by atoms with E-state index in [1.165, 1.54) is 16.7 Å². The third kappa shape index (κ3) is 6.40. The SMILES string of the molecule is C.CCN(CC(Nc1ncc(-c2nnc(C(F)F)o2)cn1)c1ccc(Cl)cc1)S(C)(=O)=O. The Balaban J connectivity index is 0.00000363. The van der Waals surface area contributed by atoms with Crippen molar-refractivity contribution in [2.45, 2.75) is 26.8 Å². The first kappa shape index (κ1) is 25.6. The van der Waals surface area contributed by atoms with Gasteiger partial charge < -0.3 is 9.73 Å². The first-order chi connectivity index (χ1) is 14.7. The first-order valence-corrected chi connectivity index (χ1v) is 11.3. The van der Waals surface area contributed by atoms with Gasteiger partial charge in [0.2, 0.25) is 16.0 Å². The van der Waals surface area contributed by atoms with Gasteiger partial charge in [-0.25, -0.2) is 22.7 Å². The molecule has 32 heavy (non-hydrogen) atoms. The number of hydrogen-bond donors (Lipinski definition) is 1. The molecule has 1 atom stereocenters. The topological polar surface area (TPSA) is 114 Å². The maximum Gasteiger partial charge on any atom is 0.314 e. The van der Waals surface area contributed by atoms with E-state index in [4.69, 9.17) is 16.0 Å². The standard InChI is InChI=1S/C18H19ClF2N6O3S.CH4/c1-3-27(31(2,28)29)10-14(11-4-6-13(19)7-5-11)24-18-22-8-12(9-23-18)16-25-26-17(30-16)15(20)21;/h4-9,14-15H,3,10H2,1-2H3,(H,22,23,24);1H4. The maximum atomic E-state index is 12.6. The second-order valence-corrected chi connectivity index (χ2v) is 8.92. The minimum atomic E-state index is -3.43. The van der Waals surface area contributed by atoms with Crippen LogP contribution in [0.15, 0.2) is 41.1 Å². The second kappa shape index (κ2) is 10.7. The van der Waals surface area contributed by atoms with Gasteiger partial charge in [-0.1, -0.05) is 38.1 Å². The van der Waals surface area contributed by atoms with Crippen molar-refractivity contribution in [3.8, 4) is 11.5 Å². The average molecular weight is 489 g/mol. The number of sulfonamides is 1. The summed E-state index contributed by atoms with van der Waals surface area (Å²) in [6.07, 6.45) is 0.939. The van der Waals surface area contributed by atoms with Crippen molar-refractivity contribution in [2.75, 3.05) is 24.7 Å². The number of benzene rings is 1. The van der Waals surface area contributed by atoms with Crippen LogP contribution in [0.1, 0.15) is 38.3 Å². The predicted molar refractivity (Wildman–Crippen MR) is 117 cm³/mol. The zero-order valence-electron chi connectivity index (χ0n) is 16.5. The largest absolute Gasteiger partial charge is 0.415 e.